The van der Waals surface area contributed by atoms with Gasteiger partial charge in [-0.05, 0) is 62.2 Å². The zero-order valence-electron chi connectivity index (χ0n) is 20.6. The van der Waals surface area contributed by atoms with Gasteiger partial charge in [-0.25, -0.2) is 0 Å². The van der Waals surface area contributed by atoms with Crippen LogP contribution in [0.5, 0.6) is 5.75 Å². The summed E-state index contributed by atoms with van der Waals surface area (Å²) >= 11 is 0. The third-order valence-corrected chi connectivity index (χ3v) is 6.60. The lowest BCUT2D eigenvalue weighted by Gasteiger charge is -2.19. The summed E-state index contributed by atoms with van der Waals surface area (Å²) in [6, 6.07) is 8.18. The van der Waals surface area contributed by atoms with E-state index in [1.54, 1.807) is 49.1 Å². The van der Waals surface area contributed by atoms with Crippen molar-refractivity contribution in [1.82, 2.24) is 10.2 Å². The molecule has 0 radical (unpaired) electrons. The Morgan fingerprint density at radius 2 is 1.89 bits per heavy atom. The molecule has 2 aliphatic heterocycles. The van der Waals surface area contributed by atoms with E-state index in [0.717, 1.165) is 5.56 Å². The first-order valence-corrected chi connectivity index (χ1v) is 11.6. The Morgan fingerprint density at radius 3 is 2.53 bits per heavy atom. The minimum absolute atomic E-state index is 0.0706. The lowest BCUT2D eigenvalue weighted by Crippen LogP contribution is -2.39. The van der Waals surface area contributed by atoms with Crippen LogP contribution in [0.15, 0.2) is 30.3 Å². The Labute approximate surface area is 208 Å². The van der Waals surface area contributed by atoms with Crippen LogP contribution in [0.4, 0.5) is 5.69 Å². The molecule has 0 aliphatic carbocycles. The number of nitrogens with one attached hydrogen (secondary N) is 2. The molecule has 0 aromatic heterocycles. The van der Waals surface area contributed by atoms with Crippen molar-refractivity contribution in [2.75, 3.05) is 31.6 Å². The second-order valence-corrected chi connectivity index (χ2v) is 9.29. The number of Topliss-reactive ketones (excluding diaryl/α,β-unsaturated/α-hetero) is 1. The van der Waals surface area contributed by atoms with Gasteiger partial charge < -0.3 is 25.0 Å². The fourth-order valence-electron chi connectivity index (χ4n) is 4.71. The molecule has 0 atom stereocenters. The molecular weight excluding hydrogens is 464 g/mol. The summed E-state index contributed by atoms with van der Waals surface area (Å²) in [4.78, 5) is 52.4. The van der Waals surface area contributed by atoms with Gasteiger partial charge in [0.1, 0.15) is 18.1 Å². The zero-order valence-corrected chi connectivity index (χ0v) is 20.6. The summed E-state index contributed by atoms with van der Waals surface area (Å²) in [7, 11) is 1.52. The summed E-state index contributed by atoms with van der Waals surface area (Å²) in [6.45, 7) is 5.40. The average molecular weight is 493 g/mol. The number of benzene rings is 2. The molecule has 0 saturated carbocycles. The van der Waals surface area contributed by atoms with Gasteiger partial charge >= 0.3 is 5.97 Å². The van der Waals surface area contributed by atoms with Crippen LogP contribution in [-0.4, -0.2) is 66.2 Å². The number of hydrogen-bond acceptors (Lipinski definition) is 6. The normalized spacial score (nSPS) is 15.6. The monoisotopic (exact) mass is 492 g/mol. The summed E-state index contributed by atoms with van der Waals surface area (Å²) < 4.78 is 5.62. The summed E-state index contributed by atoms with van der Waals surface area (Å²) in [5.74, 6) is -1.46. The first-order chi connectivity index (χ1) is 17.0. The maximum atomic E-state index is 13.2. The fraction of sp³-hybridized carbons (Fsp3) is 0.346. The highest BCUT2D eigenvalue weighted by atomic mass is 16.5. The number of hydrogen-bond donors (Lipinski definition) is 3. The van der Waals surface area contributed by atoms with Crippen molar-refractivity contribution < 1.29 is 29.0 Å². The van der Waals surface area contributed by atoms with Crippen molar-refractivity contribution in [2.45, 2.75) is 32.7 Å². The van der Waals surface area contributed by atoms with Crippen LogP contribution in [0.2, 0.25) is 0 Å². The van der Waals surface area contributed by atoms with E-state index in [4.69, 9.17) is 10.1 Å². The number of carbonyl (C=O) groups excluding carboxylic acids is 3. The second kappa shape index (κ2) is 9.10. The first-order valence-electron chi connectivity index (χ1n) is 11.6. The molecule has 10 nitrogen and oxygen atoms in total. The smallest absolute Gasteiger partial charge is 0.323 e. The topological polar surface area (TPSA) is 140 Å². The fourth-order valence-corrected chi connectivity index (χ4v) is 4.71. The van der Waals surface area contributed by atoms with Crippen molar-refractivity contribution >= 4 is 35.1 Å². The van der Waals surface area contributed by atoms with Gasteiger partial charge in [-0.2, -0.15) is 0 Å². The molecule has 2 heterocycles. The van der Waals surface area contributed by atoms with Gasteiger partial charge in [0.15, 0.2) is 5.78 Å². The predicted octanol–water partition coefficient (Wildman–Crippen LogP) is 2.18. The second-order valence-electron chi connectivity index (χ2n) is 9.29. The number of aliphatic carboxylic acids is 1. The molecule has 2 aromatic carbocycles. The van der Waals surface area contributed by atoms with Crippen LogP contribution in [-0.2, 0) is 21.5 Å². The van der Waals surface area contributed by atoms with E-state index in [2.05, 4.69) is 5.32 Å². The maximum Gasteiger partial charge on any atom is 0.323 e. The molecular formula is C26H28N4O6. The van der Waals surface area contributed by atoms with Gasteiger partial charge in [0.05, 0.1) is 24.1 Å². The van der Waals surface area contributed by atoms with E-state index < -0.39 is 17.9 Å². The summed E-state index contributed by atoms with van der Waals surface area (Å²) in [6.07, 6.45) is 0. The predicted molar refractivity (Wildman–Crippen MR) is 132 cm³/mol. The highest BCUT2D eigenvalue weighted by Crippen LogP contribution is 2.42. The lowest BCUT2D eigenvalue weighted by molar-refractivity contribution is -0.137. The number of carboxylic acid groups (broad SMARTS) is 1. The Balaban J connectivity index is 1.58. The molecule has 2 aliphatic rings. The number of ketones is 1. The van der Waals surface area contributed by atoms with Gasteiger partial charge in [0.25, 0.3) is 5.91 Å². The van der Waals surface area contributed by atoms with Gasteiger partial charge in [-0.3, -0.25) is 24.6 Å². The van der Waals surface area contributed by atoms with Crippen molar-refractivity contribution in [1.29, 1.82) is 5.41 Å². The Morgan fingerprint density at radius 1 is 1.17 bits per heavy atom. The number of carbonyl (C=O) groups is 4. The van der Waals surface area contributed by atoms with Gasteiger partial charge in [0, 0.05) is 30.4 Å². The quantitative estimate of drug-likeness (QED) is 0.480. The number of nitrogens with zero attached hydrogens (tertiary/aromatic N) is 2. The number of ether oxygens (including phenoxy) is 1. The minimum atomic E-state index is -1.12. The summed E-state index contributed by atoms with van der Waals surface area (Å²) in [5.41, 5.74) is 2.16. The van der Waals surface area contributed by atoms with Crippen molar-refractivity contribution in [3.05, 3.63) is 58.1 Å². The third kappa shape index (κ3) is 4.08. The van der Waals surface area contributed by atoms with Gasteiger partial charge in [0.2, 0.25) is 5.91 Å². The molecule has 0 saturated heterocycles. The SMILES string of the molecule is CCOc1cc2c(cc1C(=O)NC)C(=N)N(CC(=O)c1ccc3c(c1)C(C)(C)C(=O)N3CC(=O)O)C2. The van der Waals surface area contributed by atoms with E-state index in [-0.39, 0.29) is 30.0 Å². The maximum absolute atomic E-state index is 13.2. The number of carboxylic acids is 1. The molecule has 0 unspecified atom stereocenters. The molecule has 0 fully saturated rings. The molecule has 0 spiro atoms. The summed E-state index contributed by atoms with van der Waals surface area (Å²) in [5, 5.41) is 20.4. The van der Waals surface area contributed by atoms with E-state index in [1.807, 2.05) is 6.92 Å². The third-order valence-electron chi connectivity index (χ3n) is 6.60. The standard InChI is InChI=1S/C26H28N4O6/c1-5-36-21-9-15-11-29(23(27)16(15)10-17(21)24(34)28-4)12-20(31)14-6-7-19-18(8-14)26(2,3)25(35)30(19)13-22(32)33/h6-10,27H,5,11-13H2,1-4H3,(H,28,34)(H,32,33). The van der Waals surface area contributed by atoms with Crippen LogP contribution >= 0.6 is 0 Å². The average Bonchev–Trinajstić information content (AvgIpc) is 3.23. The molecule has 2 aromatic rings. The Bertz CT molecular complexity index is 1320. The van der Waals surface area contributed by atoms with Crippen LogP contribution in [0, 0.1) is 5.41 Å². The van der Waals surface area contributed by atoms with Crippen molar-refractivity contribution in [3.8, 4) is 5.75 Å². The molecule has 36 heavy (non-hydrogen) atoms. The molecule has 3 N–H and O–H groups in total. The van der Waals surface area contributed by atoms with Crippen molar-refractivity contribution in [2.24, 2.45) is 0 Å². The Kier molecular flexibility index (Phi) is 6.30. The van der Waals surface area contributed by atoms with E-state index >= 15 is 0 Å². The van der Waals surface area contributed by atoms with Gasteiger partial charge in [-0.15, -0.1) is 0 Å². The van der Waals surface area contributed by atoms with Crippen LogP contribution in [0.1, 0.15) is 58.2 Å². The highest BCUT2D eigenvalue weighted by Gasteiger charge is 2.44. The van der Waals surface area contributed by atoms with Crippen LogP contribution in [0.25, 0.3) is 0 Å². The van der Waals surface area contributed by atoms with E-state index in [1.165, 1.54) is 11.9 Å². The number of rotatable bonds is 8. The lowest BCUT2D eigenvalue weighted by atomic mass is 9.85. The number of fused-ring (bicyclic) bond motifs is 2. The van der Waals surface area contributed by atoms with Crippen LogP contribution < -0.4 is 15.0 Å². The zero-order chi connectivity index (χ0) is 26.4. The number of amides is 2. The number of amidine groups is 1. The molecule has 4 rings (SSSR count). The number of anilines is 1. The Hall–Kier alpha value is -4.21. The van der Waals surface area contributed by atoms with Gasteiger partial charge in [-0.1, -0.05) is 0 Å². The molecule has 10 heteroatoms. The highest BCUT2D eigenvalue weighted by molar-refractivity contribution is 6.11. The largest absolute Gasteiger partial charge is 0.493 e. The van der Waals surface area contributed by atoms with E-state index in [0.29, 0.717) is 46.8 Å². The minimum Gasteiger partial charge on any atom is -0.493 e. The molecule has 0 bridgehead atoms. The molecule has 188 valence electrons. The first kappa shape index (κ1) is 24.9. The molecule has 2 amide bonds. The van der Waals surface area contributed by atoms with Crippen LogP contribution in [0.3, 0.4) is 0 Å². The van der Waals surface area contributed by atoms with E-state index in [9.17, 15) is 24.3 Å². The van der Waals surface area contributed by atoms with Crippen molar-refractivity contribution in [3.63, 3.8) is 0 Å².